The minimum Gasteiger partial charge on any atom is -0.493 e. The smallest absolute Gasteiger partial charge is 0.338 e. The molecule has 3 aromatic rings. The zero-order valence-corrected chi connectivity index (χ0v) is 28.7. The lowest BCUT2D eigenvalue weighted by molar-refractivity contribution is -0.159. The van der Waals surface area contributed by atoms with Crippen LogP contribution in [0.15, 0.2) is 88.9 Å². The molecule has 3 aliphatic heterocycles. The highest BCUT2D eigenvalue weighted by molar-refractivity contribution is 6.35. The molecule has 3 heterocycles. The Morgan fingerprint density at radius 1 is 0.958 bits per heavy atom. The molecule has 48 heavy (non-hydrogen) atoms. The molecule has 8 nitrogen and oxygen atoms in total. The van der Waals surface area contributed by atoms with Crippen LogP contribution < -0.4 is 14.8 Å². The van der Waals surface area contributed by atoms with Gasteiger partial charge in [0.15, 0.2) is 17.5 Å². The van der Waals surface area contributed by atoms with Crippen molar-refractivity contribution in [2.75, 3.05) is 39.2 Å². The van der Waals surface area contributed by atoms with Crippen molar-refractivity contribution in [2.24, 2.45) is 5.92 Å². The fraction of sp³-hybridized carbons (Fsp3) is 0.351. The number of nitrogens with zero attached hydrogens (tertiary/aromatic N) is 1. The normalized spacial score (nSPS) is 20.2. The van der Waals surface area contributed by atoms with E-state index in [9.17, 15) is 14.0 Å². The minimum absolute atomic E-state index is 0.166. The Balaban J connectivity index is 1.34. The molecular formula is C37H39Cl2FN2O6. The minimum atomic E-state index is -0.888. The molecule has 2 bridgehead atoms. The van der Waals surface area contributed by atoms with Gasteiger partial charge in [0, 0.05) is 28.7 Å². The summed E-state index contributed by atoms with van der Waals surface area (Å²) in [4.78, 5) is 29.4. The third kappa shape index (κ3) is 8.50. The van der Waals surface area contributed by atoms with Crippen molar-refractivity contribution in [3.8, 4) is 11.5 Å². The van der Waals surface area contributed by atoms with Gasteiger partial charge in [-0.3, -0.25) is 4.90 Å². The van der Waals surface area contributed by atoms with E-state index in [0.717, 1.165) is 25.9 Å². The van der Waals surface area contributed by atoms with Crippen LogP contribution in [-0.4, -0.2) is 56.8 Å². The van der Waals surface area contributed by atoms with E-state index in [4.69, 9.17) is 42.1 Å². The predicted octanol–water partition coefficient (Wildman–Crippen LogP) is 8.19. The number of methoxy groups -OCH3 is 2. The fourth-order valence-corrected chi connectivity index (χ4v) is 6.62. The zero-order chi connectivity index (χ0) is 34.4. The third-order valence-corrected chi connectivity index (χ3v) is 9.35. The number of carbonyl (C=O) groups excluding carboxylic acids is 2. The standard InChI is InChI=1S/C37H39Cl2FN2O6/c1-22(38)30(23(2)39)20-32(27-9-14-31(45-3)33(19-27)46-4)47-36(43)26-7-12-29(13-8-26)41-35(25-5-10-28(40)11-6-25)37(44)48-34-21-42-17-15-24(34)16-18-42/h5-14,19,24,32,34-35,41H,1,15-18,20-21H2,2-4H3/b30-23+/t32?,34-,35?/m0/s1. The van der Waals surface area contributed by atoms with Crippen molar-refractivity contribution >= 4 is 40.8 Å². The molecule has 254 valence electrons. The first kappa shape index (κ1) is 35.3. The summed E-state index contributed by atoms with van der Waals surface area (Å²) in [6, 6.07) is 16.6. The molecular weight excluding hydrogens is 658 g/mol. The molecule has 0 amide bonds. The maximum atomic E-state index is 13.8. The molecule has 6 rings (SSSR count). The number of hydrogen-bond donors (Lipinski definition) is 1. The van der Waals surface area contributed by atoms with Crippen molar-refractivity contribution < 1.29 is 32.9 Å². The molecule has 0 radical (unpaired) electrons. The van der Waals surface area contributed by atoms with Crippen molar-refractivity contribution in [3.05, 3.63) is 111 Å². The number of piperidine rings is 3. The second kappa shape index (κ2) is 15.9. The molecule has 3 atom stereocenters. The van der Waals surface area contributed by atoms with Crippen LogP contribution in [0, 0.1) is 11.7 Å². The van der Waals surface area contributed by atoms with Crippen molar-refractivity contribution in [1.82, 2.24) is 4.90 Å². The number of allylic oxidation sites excluding steroid dienone is 2. The van der Waals surface area contributed by atoms with E-state index >= 15 is 0 Å². The average Bonchev–Trinajstić information content (AvgIpc) is 3.09. The Hall–Kier alpha value is -4.05. The lowest BCUT2D eigenvalue weighted by atomic mass is 9.86. The van der Waals surface area contributed by atoms with Crippen LogP contribution in [-0.2, 0) is 14.3 Å². The molecule has 3 saturated heterocycles. The summed E-state index contributed by atoms with van der Waals surface area (Å²) in [6.45, 7) is 8.26. The third-order valence-electron chi connectivity index (χ3n) is 8.90. The van der Waals surface area contributed by atoms with Gasteiger partial charge in [0.1, 0.15) is 18.0 Å². The Labute approximate surface area is 290 Å². The molecule has 11 heteroatoms. The number of halogens is 3. The highest BCUT2D eigenvalue weighted by atomic mass is 35.5. The van der Waals surface area contributed by atoms with Gasteiger partial charge in [0.05, 0.1) is 19.8 Å². The second-order valence-corrected chi connectivity index (χ2v) is 13.0. The SMILES string of the molecule is C=C(Cl)/C(CC(OC(=O)c1ccc(NC(C(=O)O[C@H]2CN3CCC2CC3)c2ccc(F)cc2)cc1)c1ccc(OC)c(OC)c1)=C(\C)Cl. The van der Waals surface area contributed by atoms with E-state index in [1.807, 2.05) is 0 Å². The second-order valence-electron chi connectivity index (χ2n) is 11.9. The van der Waals surface area contributed by atoms with Crippen molar-refractivity contribution in [2.45, 2.75) is 44.4 Å². The first-order chi connectivity index (χ1) is 23.1. The fourth-order valence-electron chi connectivity index (χ4n) is 6.17. The van der Waals surface area contributed by atoms with E-state index in [2.05, 4.69) is 16.8 Å². The number of rotatable bonds is 13. The van der Waals surface area contributed by atoms with Gasteiger partial charge in [0.2, 0.25) is 0 Å². The van der Waals surface area contributed by atoms with E-state index < -0.39 is 29.9 Å². The van der Waals surface area contributed by atoms with Crippen molar-refractivity contribution in [1.29, 1.82) is 0 Å². The topological polar surface area (TPSA) is 86.3 Å². The van der Waals surface area contributed by atoms with Gasteiger partial charge < -0.3 is 24.3 Å². The van der Waals surface area contributed by atoms with Gasteiger partial charge in [0.25, 0.3) is 0 Å². The number of benzene rings is 3. The van der Waals surface area contributed by atoms with E-state index in [-0.39, 0.29) is 23.1 Å². The predicted molar refractivity (Wildman–Crippen MR) is 184 cm³/mol. The molecule has 3 fully saturated rings. The summed E-state index contributed by atoms with van der Waals surface area (Å²) in [5.74, 6) is -0.120. The Morgan fingerprint density at radius 2 is 1.60 bits per heavy atom. The molecule has 3 aromatic carbocycles. The lowest BCUT2D eigenvalue weighted by Crippen LogP contribution is -2.52. The van der Waals surface area contributed by atoms with Crippen LogP contribution in [0.1, 0.15) is 59.8 Å². The number of carbonyl (C=O) groups is 2. The largest absolute Gasteiger partial charge is 0.493 e. The molecule has 3 aliphatic rings. The van der Waals surface area contributed by atoms with Crippen LogP contribution in [0.3, 0.4) is 0 Å². The van der Waals surface area contributed by atoms with Crippen LogP contribution in [0.4, 0.5) is 10.1 Å². The van der Waals surface area contributed by atoms with Crippen molar-refractivity contribution in [3.63, 3.8) is 0 Å². The molecule has 0 saturated carbocycles. The monoisotopic (exact) mass is 696 g/mol. The number of nitrogens with one attached hydrogen (secondary N) is 1. The summed E-state index contributed by atoms with van der Waals surface area (Å²) in [5.41, 5.74) is 2.57. The molecule has 2 unspecified atom stereocenters. The highest BCUT2D eigenvalue weighted by Gasteiger charge is 2.38. The number of ether oxygens (including phenoxy) is 4. The first-order valence-electron chi connectivity index (χ1n) is 15.7. The van der Waals surface area contributed by atoms with Gasteiger partial charge in [-0.2, -0.15) is 0 Å². The highest BCUT2D eigenvalue weighted by Crippen LogP contribution is 2.37. The number of fused-ring (bicyclic) bond motifs is 3. The summed E-state index contributed by atoms with van der Waals surface area (Å²) in [5, 5.41) is 3.89. The van der Waals surface area contributed by atoms with Crippen LogP contribution >= 0.6 is 23.2 Å². The van der Waals surface area contributed by atoms with Crippen LogP contribution in [0.2, 0.25) is 0 Å². The molecule has 0 spiro atoms. The Bertz CT molecular complexity index is 1650. The quantitative estimate of drug-likeness (QED) is 0.141. The summed E-state index contributed by atoms with van der Waals surface area (Å²) >= 11 is 12.6. The van der Waals surface area contributed by atoms with Crippen LogP contribution in [0.5, 0.6) is 11.5 Å². The molecule has 1 N–H and O–H groups in total. The number of anilines is 1. The van der Waals surface area contributed by atoms with Gasteiger partial charge in [-0.25, -0.2) is 14.0 Å². The van der Waals surface area contributed by atoms with E-state index in [1.54, 1.807) is 61.5 Å². The van der Waals surface area contributed by atoms with E-state index in [1.165, 1.54) is 26.4 Å². The Kier molecular flexibility index (Phi) is 11.7. The maximum Gasteiger partial charge on any atom is 0.338 e. The summed E-state index contributed by atoms with van der Waals surface area (Å²) < 4.78 is 36.6. The zero-order valence-electron chi connectivity index (χ0n) is 27.1. The number of hydrogen-bond acceptors (Lipinski definition) is 8. The van der Waals surface area contributed by atoms with E-state index in [0.29, 0.717) is 51.4 Å². The van der Waals surface area contributed by atoms with Gasteiger partial charge in [-0.15, -0.1) is 0 Å². The van der Waals surface area contributed by atoms with Crippen LogP contribution in [0.25, 0.3) is 0 Å². The average molecular weight is 698 g/mol. The molecule has 0 aliphatic carbocycles. The van der Waals surface area contributed by atoms with Gasteiger partial charge >= 0.3 is 11.9 Å². The summed E-state index contributed by atoms with van der Waals surface area (Å²) in [6.07, 6.45) is 1.19. The first-order valence-corrected chi connectivity index (χ1v) is 16.5. The van der Waals surface area contributed by atoms with Gasteiger partial charge in [-0.1, -0.05) is 48.0 Å². The van der Waals surface area contributed by atoms with Gasteiger partial charge in [-0.05, 0) is 104 Å². The summed E-state index contributed by atoms with van der Waals surface area (Å²) in [7, 11) is 3.05. The lowest BCUT2D eigenvalue weighted by Gasteiger charge is -2.44. The molecule has 0 aromatic heterocycles. The maximum absolute atomic E-state index is 13.8. The Morgan fingerprint density at radius 3 is 2.17 bits per heavy atom. The number of esters is 2.